The van der Waals surface area contributed by atoms with Crippen LogP contribution in [-0.2, 0) is 6.54 Å². The van der Waals surface area contributed by atoms with Gasteiger partial charge in [-0.05, 0) is 26.0 Å². The summed E-state index contributed by atoms with van der Waals surface area (Å²) in [5, 5.41) is 15.6. The minimum absolute atomic E-state index is 0.144. The average Bonchev–Trinajstić information content (AvgIpc) is 2.88. The summed E-state index contributed by atoms with van der Waals surface area (Å²) in [5.74, 6) is 0.452. The molecule has 8 nitrogen and oxygen atoms in total. The molecule has 0 spiro atoms. The normalized spacial score (nSPS) is 12.1. The Labute approximate surface area is 115 Å². The molecule has 0 atom stereocenters. The molecule has 0 aliphatic heterocycles. The molecule has 2 rings (SSSR count). The van der Waals surface area contributed by atoms with Crippen LogP contribution in [0.3, 0.4) is 0 Å². The molecule has 2 aromatic rings. The Balaban J connectivity index is 2.40. The van der Waals surface area contributed by atoms with E-state index in [1.807, 2.05) is 13.8 Å². The van der Waals surface area contributed by atoms with Crippen molar-refractivity contribution in [1.82, 2.24) is 19.3 Å². The Morgan fingerprint density at radius 2 is 2.30 bits per heavy atom. The van der Waals surface area contributed by atoms with Crippen molar-refractivity contribution in [1.29, 1.82) is 0 Å². The topological polar surface area (TPSA) is 111 Å². The van der Waals surface area contributed by atoms with Gasteiger partial charge in [-0.15, -0.1) is 0 Å². The summed E-state index contributed by atoms with van der Waals surface area (Å²) in [6.07, 6.45) is 3.07. The number of oxime groups is 1. The van der Waals surface area contributed by atoms with Crippen LogP contribution in [0, 0.1) is 0 Å². The van der Waals surface area contributed by atoms with Crippen molar-refractivity contribution >= 4 is 5.84 Å². The lowest BCUT2D eigenvalue weighted by Crippen LogP contribution is -2.30. The van der Waals surface area contributed by atoms with E-state index in [0.29, 0.717) is 5.82 Å². The van der Waals surface area contributed by atoms with Gasteiger partial charge in [0.15, 0.2) is 5.84 Å². The van der Waals surface area contributed by atoms with Gasteiger partial charge < -0.3 is 15.5 Å². The number of nitrogens with two attached hydrogens (primary N) is 1. The van der Waals surface area contributed by atoms with Gasteiger partial charge in [0.05, 0.1) is 12.1 Å². The monoisotopic (exact) mass is 276 g/mol. The summed E-state index contributed by atoms with van der Waals surface area (Å²) < 4.78 is 3.18. The fourth-order valence-electron chi connectivity index (χ4n) is 1.88. The summed E-state index contributed by atoms with van der Waals surface area (Å²) in [6.45, 7) is 4.23. The largest absolute Gasteiger partial charge is 0.409 e. The second-order valence-corrected chi connectivity index (χ2v) is 4.55. The minimum Gasteiger partial charge on any atom is -0.409 e. The third kappa shape index (κ3) is 2.53. The van der Waals surface area contributed by atoms with Crippen molar-refractivity contribution in [3.8, 4) is 0 Å². The van der Waals surface area contributed by atoms with Crippen molar-refractivity contribution in [3.05, 3.63) is 46.4 Å². The number of rotatable bonds is 4. The highest BCUT2D eigenvalue weighted by Crippen LogP contribution is 2.06. The zero-order valence-electron chi connectivity index (χ0n) is 11.3. The van der Waals surface area contributed by atoms with Crippen LogP contribution in [0.1, 0.15) is 31.3 Å². The van der Waals surface area contributed by atoms with Gasteiger partial charge in [-0.2, -0.15) is 5.10 Å². The van der Waals surface area contributed by atoms with E-state index < -0.39 is 0 Å². The van der Waals surface area contributed by atoms with Crippen molar-refractivity contribution < 1.29 is 5.21 Å². The van der Waals surface area contributed by atoms with Crippen LogP contribution in [0.2, 0.25) is 0 Å². The highest BCUT2D eigenvalue weighted by molar-refractivity contribution is 5.96. The molecule has 3 N–H and O–H groups in total. The Bertz CT molecular complexity index is 685. The fourth-order valence-corrected chi connectivity index (χ4v) is 1.88. The Morgan fingerprint density at radius 3 is 2.95 bits per heavy atom. The first-order chi connectivity index (χ1) is 9.54. The van der Waals surface area contributed by atoms with Gasteiger partial charge in [0.1, 0.15) is 12.2 Å². The van der Waals surface area contributed by atoms with Gasteiger partial charge in [0.2, 0.25) is 0 Å². The van der Waals surface area contributed by atoms with E-state index in [-0.39, 0.29) is 29.5 Å². The molecule has 20 heavy (non-hydrogen) atoms. The maximum absolute atomic E-state index is 12.2. The van der Waals surface area contributed by atoms with Gasteiger partial charge >= 0.3 is 0 Å². The second-order valence-electron chi connectivity index (χ2n) is 4.55. The molecule has 0 aromatic carbocycles. The predicted octanol–water partition coefficient (Wildman–Crippen LogP) is 0.163. The van der Waals surface area contributed by atoms with Crippen LogP contribution in [-0.4, -0.2) is 30.4 Å². The second kappa shape index (κ2) is 5.55. The molecule has 0 aliphatic carbocycles. The average molecular weight is 276 g/mol. The van der Waals surface area contributed by atoms with E-state index in [1.165, 1.54) is 17.0 Å². The molecule has 0 fully saturated rings. The van der Waals surface area contributed by atoms with Crippen LogP contribution >= 0.6 is 0 Å². The SMILES string of the molecule is CC(C)n1ncnc1Cn1cccc(/C(N)=N/O)c1=O. The molecule has 0 aliphatic rings. The van der Waals surface area contributed by atoms with E-state index >= 15 is 0 Å². The lowest BCUT2D eigenvalue weighted by atomic mass is 10.2. The summed E-state index contributed by atoms with van der Waals surface area (Å²) >= 11 is 0. The van der Waals surface area contributed by atoms with Crippen molar-refractivity contribution in [3.63, 3.8) is 0 Å². The number of aromatic nitrogens is 4. The summed E-state index contributed by atoms with van der Waals surface area (Å²) in [4.78, 5) is 16.4. The molecule has 0 saturated carbocycles. The first-order valence-corrected chi connectivity index (χ1v) is 6.10. The van der Waals surface area contributed by atoms with E-state index in [0.717, 1.165) is 0 Å². The molecule has 106 valence electrons. The minimum atomic E-state index is -0.346. The number of nitrogens with zero attached hydrogens (tertiary/aromatic N) is 5. The van der Waals surface area contributed by atoms with Crippen LogP contribution in [0.25, 0.3) is 0 Å². The number of pyridine rings is 1. The molecule has 2 aromatic heterocycles. The highest BCUT2D eigenvalue weighted by Gasteiger charge is 2.12. The van der Waals surface area contributed by atoms with Crippen LogP contribution in [0.15, 0.2) is 34.6 Å². The van der Waals surface area contributed by atoms with E-state index in [1.54, 1.807) is 16.9 Å². The Hall–Kier alpha value is -2.64. The molecule has 0 amide bonds. The molecular weight excluding hydrogens is 260 g/mol. The summed E-state index contributed by atoms with van der Waals surface area (Å²) in [7, 11) is 0. The first-order valence-electron chi connectivity index (χ1n) is 6.10. The van der Waals surface area contributed by atoms with E-state index in [2.05, 4.69) is 15.2 Å². The van der Waals surface area contributed by atoms with Crippen LogP contribution in [0.4, 0.5) is 0 Å². The molecule has 0 bridgehead atoms. The fraction of sp³-hybridized carbons (Fsp3) is 0.333. The standard InChI is InChI=1S/C12H16N6O2/c1-8(2)18-10(14-7-15-18)6-17-5-3-4-9(12(17)19)11(13)16-20/h3-5,7-8,20H,6H2,1-2H3,(H2,13,16). The van der Waals surface area contributed by atoms with Gasteiger partial charge in [0.25, 0.3) is 5.56 Å². The van der Waals surface area contributed by atoms with Gasteiger partial charge in [-0.3, -0.25) is 4.79 Å². The van der Waals surface area contributed by atoms with E-state index in [9.17, 15) is 4.79 Å². The van der Waals surface area contributed by atoms with Gasteiger partial charge in [-0.1, -0.05) is 5.16 Å². The highest BCUT2D eigenvalue weighted by atomic mass is 16.4. The van der Waals surface area contributed by atoms with Crippen molar-refractivity contribution in [2.75, 3.05) is 0 Å². The van der Waals surface area contributed by atoms with Crippen molar-refractivity contribution in [2.24, 2.45) is 10.9 Å². The smallest absolute Gasteiger partial charge is 0.262 e. The molecule has 2 heterocycles. The first kappa shape index (κ1) is 13.8. The predicted molar refractivity (Wildman–Crippen MR) is 72.7 cm³/mol. The van der Waals surface area contributed by atoms with E-state index in [4.69, 9.17) is 10.9 Å². The third-order valence-electron chi connectivity index (χ3n) is 2.85. The van der Waals surface area contributed by atoms with Crippen molar-refractivity contribution in [2.45, 2.75) is 26.4 Å². The maximum atomic E-state index is 12.2. The Morgan fingerprint density at radius 1 is 1.55 bits per heavy atom. The van der Waals surface area contributed by atoms with Crippen LogP contribution in [0.5, 0.6) is 0 Å². The summed E-state index contributed by atoms with van der Waals surface area (Å²) in [6, 6.07) is 3.31. The lowest BCUT2D eigenvalue weighted by molar-refractivity contribution is 0.318. The van der Waals surface area contributed by atoms with Crippen LogP contribution < -0.4 is 11.3 Å². The number of hydrogen-bond acceptors (Lipinski definition) is 5. The maximum Gasteiger partial charge on any atom is 0.262 e. The van der Waals surface area contributed by atoms with Gasteiger partial charge in [0, 0.05) is 12.2 Å². The molecule has 8 heteroatoms. The zero-order valence-corrected chi connectivity index (χ0v) is 11.3. The zero-order chi connectivity index (χ0) is 14.7. The number of amidine groups is 1. The molecular formula is C12H16N6O2. The lowest BCUT2D eigenvalue weighted by Gasteiger charge is -2.11. The molecule has 0 saturated heterocycles. The number of hydrogen-bond donors (Lipinski definition) is 2. The quantitative estimate of drug-likeness (QED) is 0.358. The Kier molecular flexibility index (Phi) is 3.83. The molecule has 0 radical (unpaired) electrons. The summed E-state index contributed by atoms with van der Waals surface area (Å²) in [5.41, 5.74) is 5.27. The molecule has 0 unspecified atom stereocenters. The third-order valence-corrected chi connectivity index (χ3v) is 2.85. The van der Waals surface area contributed by atoms with Gasteiger partial charge in [-0.25, -0.2) is 9.67 Å².